The summed E-state index contributed by atoms with van der Waals surface area (Å²) in [5.74, 6) is 1.67. The minimum atomic E-state index is -0.756. The Labute approximate surface area is 88.1 Å². The van der Waals surface area contributed by atoms with Gasteiger partial charge in [-0.3, -0.25) is 9.48 Å². The fourth-order valence-electron chi connectivity index (χ4n) is 1.65. The lowest BCUT2D eigenvalue weighted by Gasteiger charge is -1.92. The molecule has 1 aliphatic rings. The maximum atomic E-state index is 10.3. The van der Waals surface area contributed by atoms with E-state index in [0.29, 0.717) is 18.8 Å². The Bertz CT molecular complexity index is 369. The maximum absolute atomic E-state index is 10.3. The number of hydrogen-bond donors (Lipinski definition) is 1. The maximum Gasteiger partial charge on any atom is 0.303 e. The van der Waals surface area contributed by atoms with Gasteiger partial charge in [0.1, 0.15) is 5.82 Å². The van der Waals surface area contributed by atoms with Gasteiger partial charge in [0.2, 0.25) is 0 Å². The molecule has 0 radical (unpaired) electrons. The lowest BCUT2D eigenvalue weighted by Crippen LogP contribution is -1.98. The first-order chi connectivity index (χ1) is 7.16. The van der Waals surface area contributed by atoms with Gasteiger partial charge in [0, 0.05) is 25.8 Å². The fraction of sp³-hybridized carbons (Fsp3) is 0.700. The molecule has 0 unspecified atom stereocenters. The van der Waals surface area contributed by atoms with Crippen LogP contribution in [0.2, 0.25) is 0 Å². The van der Waals surface area contributed by atoms with E-state index in [0.717, 1.165) is 11.6 Å². The van der Waals surface area contributed by atoms with E-state index in [9.17, 15) is 4.79 Å². The molecule has 0 aliphatic heterocycles. The number of aryl methyl sites for hydroxylation is 2. The van der Waals surface area contributed by atoms with E-state index in [2.05, 4.69) is 10.1 Å². The third-order valence-corrected chi connectivity index (χ3v) is 2.57. The Morgan fingerprint density at radius 1 is 1.60 bits per heavy atom. The molecule has 1 fully saturated rings. The highest BCUT2D eigenvalue weighted by Gasteiger charge is 2.28. The Morgan fingerprint density at radius 3 is 2.93 bits per heavy atom. The molecular weight excluding hydrogens is 194 g/mol. The van der Waals surface area contributed by atoms with Crippen molar-refractivity contribution in [2.24, 2.45) is 7.05 Å². The molecule has 5 heteroatoms. The van der Waals surface area contributed by atoms with E-state index in [-0.39, 0.29) is 6.42 Å². The normalized spacial score (nSPS) is 15.5. The zero-order valence-corrected chi connectivity index (χ0v) is 8.81. The van der Waals surface area contributed by atoms with Gasteiger partial charge in [-0.05, 0) is 19.3 Å². The first kappa shape index (κ1) is 10.1. The number of carbonyl (C=O) groups is 1. The first-order valence-corrected chi connectivity index (χ1v) is 5.28. The van der Waals surface area contributed by atoms with Crippen LogP contribution in [0.5, 0.6) is 0 Å². The number of nitrogens with zero attached hydrogens (tertiary/aromatic N) is 3. The van der Waals surface area contributed by atoms with Crippen molar-refractivity contribution in [1.82, 2.24) is 14.8 Å². The van der Waals surface area contributed by atoms with E-state index in [1.165, 1.54) is 12.8 Å². The molecule has 0 bridgehead atoms. The van der Waals surface area contributed by atoms with Crippen LogP contribution in [0, 0.1) is 0 Å². The van der Waals surface area contributed by atoms with E-state index in [4.69, 9.17) is 5.11 Å². The molecule has 1 N–H and O–H groups in total. The smallest absolute Gasteiger partial charge is 0.303 e. The largest absolute Gasteiger partial charge is 0.481 e. The van der Waals surface area contributed by atoms with Crippen LogP contribution >= 0.6 is 0 Å². The van der Waals surface area contributed by atoms with Crippen molar-refractivity contribution in [3.8, 4) is 0 Å². The molecule has 1 saturated carbocycles. The summed E-state index contributed by atoms with van der Waals surface area (Å²) >= 11 is 0. The minimum Gasteiger partial charge on any atom is -0.481 e. The lowest BCUT2D eigenvalue weighted by atomic mass is 10.2. The summed E-state index contributed by atoms with van der Waals surface area (Å²) < 4.78 is 1.83. The summed E-state index contributed by atoms with van der Waals surface area (Å²) in [6.07, 6.45) is 3.88. The molecule has 0 saturated heterocycles. The van der Waals surface area contributed by atoms with Crippen molar-refractivity contribution in [3.05, 3.63) is 11.6 Å². The van der Waals surface area contributed by atoms with Crippen molar-refractivity contribution >= 4 is 5.97 Å². The molecule has 0 atom stereocenters. The number of aliphatic carboxylic acids is 1. The third-order valence-electron chi connectivity index (χ3n) is 2.57. The third kappa shape index (κ3) is 2.55. The van der Waals surface area contributed by atoms with Crippen LogP contribution in [-0.2, 0) is 18.3 Å². The molecule has 82 valence electrons. The number of rotatable bonds is 5. The van der Waals surface area contributed by atoms with Crippen LogP contribution in [0.15, 0.2) is 0 Å². The van der Waals surface area contributed by atoms with Crippen molar-refractivity contribution in [3.63, 3.8) is 0 Å². The van der Waals surface area contributed by atoms with Gasteiger partial charge in [0.05, 0.1) is 0 Å². The number of carboxylic acid groups (broad SMARTS) is 1. The van der Waals surface area contributed by atoms with Gasteiger partial charge in [-0.2, -0.15) is 5.10 Å². The summed E-state index contributed by atoms with van der Waals surface area (Å²) in [6.45, 7) is 0. The molecule has 15 heavy (non-hydrogen) atoms. The van der Waals surface area contributed by atoms with Gasteiger partial charge in [-0.25, -0.2) is 4.98 Å². The highest BCUT2D eigenvalue weighted by Crippen LogP contribution is 2.38. The van der Waals surface area contributed by atoms with E-state index < -0.39 is 5.97 Å². The molecule has 1 aliphatic carbocycles. The summed E-state index contributed by atoms with van der Waals surface area (Å²) in [5.41, 5.74) is 0. The van der Waals surface area contributed by atoms with Crippen LogP contribution in [-0.4, -0.2) is 25.8 Å². The summed E-state index contributed by atoms with van der Waals surface area (Å²) in [5, 5.41) is 12.8. The first-order valence-electron chi connectivity index (χ1n) is 5.28. The van der Waals surface area contributed by atoms with Crippen molar-refractivity contribution in [2.45, 2.75) is 38.0 Å². The predicted octanol–water partition coefficient (Wildman–Crippen LogP) is 1.10. The second-order valence-electron chi connectivity index (χ2n) is 4.03. The van der Waals surface area contributed by atoms with Gasteiger partial charge in [0.25, 0.3) is 0 Å². The van der Waals surface area contributed by atoms with Crippen LogP contribution in [0.1, 0.15) is 43.3 Å². The highest BCUT2D eigenvalue weighted by atomic mass is 16.4. The minimum absolute atomic E-state index is 0.191. The van der Waals surface area contributed by atoms with Gasteiger partial charge >= 0.3 is 5.97 Å². The fourth-order valence-corrected chi connectivity index (χ4v) is 1.65. The molecule has 2 rings (SSSR count). The Morgan fingerprint density at radius 2 is 2.33 bits per heavy atom. The van der Waals surface area contributed by atoms with Gasteiger partial charge in [-0.15, -0.1) is 0 Å². The SMILES string of the molecule is Cn1nc(CCCC(=O)O)nc1C1CC1. The van der Waals surface area contributed by atoms with Gasteiger partial charge < -0.3 is 5.11 Å². The van der Waals surface area contributed by atoms with Crippen LogP contribution in [0.25, 0.3) is 0 Å². The molecule has 1 aromatic rings. The van der Waals surface area contributed by atoms with Crippen LogP contribution in [0.3, 0.4) is 0 Å². The topological polar surface area (TPSA) is 68.0 Å². The van der Waals surface area contributed by atoms with Crippen molar-refractivity contribution in [1.29, 1.82) is 0 Å². The van der Waals surface area contributed by atoms with E-state index in [1.54, 1.807) is 0 Å². The number of hydrogen-bond acceptors (Lipinski definition) is 3. The van der Waals surface area contributed by atoms with Gasteiger partial charge in [0.15, 0.2) is 5.82 Å². The van der Waals surface area contributed by atoms with Crippen molar-refractivity contribution in [2.75, 3.05) is 0 Å². The lowest BCUT2D eigenvalue weighted by molar-refractivity contribution is -0.137. The number of carboxylic acids is 1. The summed E-state index contributed by atoms with van der Waals surface area (Å²) in [4.78, 5) is 14.8. The standard InChI is InChI=1S/C10H15N3O2/c1-13-10(7-5-6-7)11-8(12-13)3-2-4-9(14)15/h7H,2-6H2,1H3,(H,14,15). The quantitative estimate of drug-likeness (QED) is 0.788. The zero-order valence-electron chi connectivity index (χ0n) is 8.81. The Kier molecular flexibility index (Phi) is 2.70. The monoisotopic (exact) mass is 209 g/mol. The average molecular weight is 209 g/mol. The molecule has 1 aromatic heterocycles. The predicted molar refractivity (Wildman–Crippen MR) is 53.6 cm³/mol. The summed E-state index contributed by atoms with van der Waals surface area (Å²) in [7, 11) is 1.90. The van der Waals surface area contributed by atoms with Crippen molar-refractivity contribution < 1.29 is 9.90 Å². The molecule has 5 nitrogen and oxygen atoms in total. The second-order valence-corrected chi connectivity index (χ2v) is 4.03. The van der Waals surface area contributed by atoms with E-state index in [1.807, 2.05) is 11.7 Å². The van der Waals surface area contributed by atoms with E-state index >= 15 is 0 Å². The summed E-state index contributed by atoms with van der Waals surface area (Å²) in [6, 6.07) is 0. The number of aromatic nitrogens is 3. The molecule has 0 spiro atoms. The Balaban J connectivity index is 1.91. The molecule has 0 aromatic carbocycles. The average Bonchev–Trinajstić information content (AvgIpc) is 2.91. The Hall–Kier alpha value is -1.39. The van der Waals surface area contributed by atoms with Crippen LogP contribution < -0.4 is 0 Å². The van der Waals surface area contributed by atoms with Crippen LogP contribution in [0.4, 0.5) is 0 Å². The molecular formula is C10H15N3O2. The van der Waals surface area contributed by atoms with Gasteiger partial charge in [-0.1, -0.05) is 0 Å². The highest BCUT2D eigenvalue weighted by molar-refractivity contribution is 5.66. The molecule has 0 amide bonds. The molecule has 1 heterocycles. The zero-order chi connectivity index (χ0) is 10.8. The second kappa shape index (κ2) is 4.00.